The van der Waals surface area contributed by atoms with Gasteiger partial charge in [-0.05, 0) is 80.5 Å². The van der Waals surface area contributed by atoms with Crippen molar-refractivity contribution in [2.24, 2.45) is 5.92 Å². The fraction of sp³-hybridized carbons (Fsp3) is 0.536. The molecule has 0 radical (unpaired) electrons. The summed E-state index contributed by atoms with van der Waals surface area (Å²) in [5.74, 6) is 0.639. The maximum absolute atomic E-state index is 12.7. The highest BCUT2D eigenvalue weighted by Crippen LogP contribution is 2.36. The van der Waals surface area contributed by atoms with Crippen LogP contribution in [-0.2, 0) is 16.1 Å². The number of amides is 1. The molecule has 3 fully saturated rings. The number of nitrogens with one attached hydrogen (secondary N) is 1. The Morgan fingerprint density at radius 1 is 1.06 bits per heavy atom. The van der Waals surface area contributed by atoms with Gasteiger partial charge in [0.2, 0.25) is 0 Å². The maximum atomic E-state index is 12.7. The van der Waals surface area contributed by atoms with E-state index in [9.17, 15) is 4.79 Å². The minimum Gasteiger partial charge on any atom is -0.383 e. The lowest BCUT2D eigenvalue weighted by molar-refractivity contribution is -0.00866. The summed E-state index contributed by atoms with van der Waals surface area (Å²) in [7, 11) is 1.78. The second-order valence-electron chi connectivity index (χ2n) is 10.1. The number of anilines is 2. The van der Waals surface area contributed by atoms with Crippen LogP contribution in [0.2, 0.25) is 0 Å². The molecule has 1 saturated carbocycles. The molecule has 0 aromatic heterocycles. The fourth-order valence-electron chi connectivity index (χ4n) is 5.46. The van der Waals surface area contributed by atoms with Gasteiger partial charge in [0.15, 0.2) is 0 Å². The Hall–Kier alpha value is -2.41. The molecule has 1 amide bonds. The lowest BCUT2D eigenvalue weighted by atomic mass is 9.96. The number of benzene rings is 2. The molecule has 5 rings (SSSR count). The Morgan fingerprint density at radius 2 is 1.82 bits per heavy atom. The molecule has 2 aromatic carbocycles. The Bertz CT molecular complexity index is 958. The van der Waals surface area contributed by atoms with E-state index in [0.29, 0.717) is 30.4 Å². The highest BCUT2D eigenvalue weighted by molar-refractivity contribution is 6.04. The van der Waals surface area contributed by atoms with Gasteiger partial charge in [0, 0.05) is 55.8 Å². The Kier molecular flexibility index (Phi) is 7.18. The van der Waals surface area contributed by atoms with Gasteiger partial charge < -0.3 is 19.7 Å². The van der Waals surface area contributed by atoms with E-state index in [1.165, 1.54) is 31.4 Å². The number of hydrogen-bond acceptors (Lipinski definition) is 5. The Labute approximate surface area is 203 Å². The number of carbonyl (C=O) groups is 1. The molecule has 2 heterocycles. The van der Waals surface area contributed by atoms with Crippen LogP contribution in [0, 0.1) is 5.92 Å². The standard InChI is InChI=1S/C28H37N3O3/c1-20(18-33-2)30-16-23-14-15-31(27(23)17-30)25-12-10-24(11-13-25)29-28(32)22-8-6-21(7-9-22)19-34-26-4-3-5-26/h6-13,20,23,26-27H,3-5,14-19H2,1-2H3,(H,29,32). The highest BCUT2D eigenvalue weighted by atomic mass is 16.5. The number of likely N-dealkylation sites (tertiary alicyclic amines) is 1. The van der Waals surface area contributed by atoms with E-state index < -0.39 is 0 Å². The molecule has 0 bridgehead atoms. The monoisotopic (exact) mass is 463 g/mol. The van der Waals surface area contributed by atoms with Gasteiger partial charge >= 0.3 is 0 Å². The molecule has 3 atom stereocenters. The lowest BCUT2D eigenvalue weighted by Gasteiger charge is -2.29. The largest absolute Gasteiger partial charge is 0.383 e. The number of methoxy groups -OCH3 is 1. The van der Waals surface area contributed by atoms with Crippen LogP contribution in [0.3, 0.4) is 0 Å². The number of hydrogen-bond donors (Lipinski definition) is 1. The van der Waals surface area contributed by atoms with Gasteiger partial charge in [-0.15, -0.1) is 0 Å². The molecule has 3 aliphatic rings. The first kappa shape index (κ1) is 23.3. The molecule has 1 aliphatic carbocycles. The average molecular weight is 464 g/mol. The van der Waals surface area contributed by atoms with Crippen molar-refractivity contribution in [3.05, 3.63) is 59.7 Å². The van der Waals surface area contributed by atoms with Crippen molar-refractivity contribution in [1.29, 1.82) is 0 Å². The average Bonchev–Trinajstić information content (AvgIpc) is 3.40. The van der Waals surface area contributed by atoms with Gasteiger partial charge in [-0.1, -0.05) is 12.1 Å². The fourth-order valence-corrected chi connectivity index (χ4v) is 5.46. The van der Waals surface area contributed by atoms with Crippen LogP contribution >= 0.6 is 0 Å². The van der Waals surface area contributed by atoms with E-state index in [1.807, 2.05) is 36.4 Å². The number of carbonyl (C=O) groups excluding carboxylic acids is 1. The summed E-state index contributed by atoms with van der Waals surface area (Å²) in [5.41, 5.74) is 3.83. The van der Waals surface area contributed by atoms with E-state index in [-0.39, 0.29) is 5.91 Å². The summed E-state index contributed by atoms with van der Waals surface area (Å²) in [6, 6.07) is 17.1. The Balaban J connectivity index is 1.15. The number of fused-ring (bicyclic) bond motifs is 1. The highest BCUT2D eigenvalue weighted by Gasteiger charge is 2.42. The molecular formula is C28H37N3O3. The molecule has 182 valence electrons. The number of rotatable bonds is 9. The quantitative estimate of drug-likeness (QED) is 0.591. The second kappa shape index (κ2) is 10.5. The lowest BCUT2D eigenvalue weighted by Crippen LogP contribution is -2.39. The van der Waals surface area contributed by atoms with E-state index in [0.717, 1.165) is 43.4 Å². The van der Waals surface area contributed by atoms with Gasteiger partial charge in [0.25, 0.3) is 5.91 Å². The van der Waals surface area contributed by atoms with Crippen molar-refractivity contribution in [1.82, 2.24) is 4.90 Å². The van der Waals surface area contributed by atoms with E-state index >= 15 is 0 Å². The van der Waals surface area contributed by atoms with Gasteiger partial charge in [-0.3, -0.25) is 9.69 Å². The summed E-state index contributed by atoms with van der Waals surface area (Å²) in [6.07, 6.45) is 5.27. The zero-order valence-electron chi connectivity index (χ0n) is 20.4. The first-order chi connectivity index (χ1) is 16.6. The van der Waals surface area contributed by atoms with E-state index in [4.69, 9.17) is 9.47 Å². The summed E-state index contributed by atoms with van der Waals surface area (Å²) >= 11 is 0. The first-order valence-electron chi connectivity index (χ1n) is 12.7. The molecule has 2 aromatic rings. The van der Waals surface area contributed by atoms with Gasteiger partial charge in [0.1, 0.15) is 0 Å². The maximum Gasteiger partial charge on any atom is 0.255 e. The predicted octanol–water partition coefficient (Wildman–Crippen LogP) is 4.55. The van der Waals surface area contributed by atoms with Crippen LogP contribution in [0.1, 0.15) is 48.5 Å². The normalized spacial score (nSPS) is 23.5. The molecular weight excluding hydrogens is 426 g/mol. The van der Waals surface area contributed by atoms with Crippen LogP contribution in [0.25, 0.3) is 0 Å². The van der Waals surface area contributed by atoms with Crippen LogP contribution in [-0.4, -0.2) is 62.3 Å². The zero-order chi connectivity index (χ0) is 23.5. The number of nitrogens with zero attached hydrogens (tertiary/aromatic N) is 2. The van der Waals surface area contributed by atoms with Crippen molar-refractivity contribution in [2.45, 2.75) is 57.4 Å². The van der Waals surface area contributed by atoms with Crippen molar-refractivity contribution >= 4 is 17.3 Å². The smallest absolute Gasteiger partial charge is 0.255 e. The SMILES string of the molecule is COCC(C)N1CC2CCN(c3ccc(NC(=O)c4ccc(COC5CCC5)cc4)cc3)C2C1. The minimum absolute atomic E-state index is 0.0842. The molecule has 1 N–H and O–H groups in total. The third-order valence-corrected chi connectivity index (χ3v) is 7.82. The predicted molar refractivity (Wildman–Crippen MR) is 135 cm³/mol. The van der Waals surface area contributed by atoms with Crippen molar-refractivity contribution < 1.29 is 14.3 Å². The van der Waals surface area contributed by atoms with Crippen LogP contribution in [0.5, 0.6) is 0 Å². The molecule has 3 unspecified atom stereocenters. The van der Waals surface area contributed by atoms with E-state index in [2.05, 4.69) is 34.2 Å². The second-order valence-corrected chi connectivity index (χ2v) is 10.1. The summed E-state index contributed by atoms with van der Waals surface area (Å²) in [6.45, 7) is 7.01. The van der Waals surface area contributed by atoms with Crippen LogP contribution in [0.4, 0.5) is 11.4 Å². The molecule has 34 heavy (non-hydrogen) atoms. The van der Waals surface area contributed by atoms with Gasteiger partial charge in [0.05, 0.1) is 19.3 Å². The first-order valence-corrected chi connectivity index (χ1v) is 12.7. The minimum atomic E-state index is -0.0842. The summed E-state index contributed by atoms with van der Waals surface area (Å²) < 4.78 is 11.2. The van der Waals surface area contributed by atoms with Crippen molar-refractivity contribution in [2.75, 3.05) is 43.6 Å². The summed E-state index contributed by atoms with van der Waals surface area (Å²) in [4.78, 5) is 17.8. The van der Waals surface area contributed by atoms with Crippen LogP contribution < -0.4 is 10.2 Å². The van der Waals surface area contributed by atoms with Gasteiger partial charge in [-0.25, -0.2) is 0 Å². The van der Waals surface area contributed by atoms with Crippen LogP contribution in [0.15, 0.2) is 48.5 Å². The van der Waals surface area contributed by atoms with Gasteiger partial charge in [-0.2, -0.15) is 0 Å². The van der Waals surface area contributed by atoms with Crippen molar-refractivity contribution in [3.8, 4) is 0 Å². The number of ether oxygens (including phenoxy) is 2. The molecule has 2 aliphatic heterocycles. The molecule has 0 spiro atoms. The third-order valence-electron chi connectivity index (χ3n) is 7.82. The topological polar surface area (TPSA) is 54.0 Å². The third kappa shape index (κ3) is 5.14. The molecule has 6 nitrogen and oxygen atoms in total. The summed E-state index contributed by atoms with van der Waals surface area (Å²) in [5, 5.41) is 3.04. The van der Waals surface area contributed by atoms with E-state index in [1.54, 1.807) is 7.11 Å². The van der Waals surface area contributed by atoms with Crippen molar-refractivity contribution in [3.63, 3.8) is 0 Å². The zero-order valence-corrected chi connectivity index (χ0v) is 20.4. The molecule has 6 heteroatoms. The molecule has 2 saturated heterocycles. The Morgan fingerprint density at radius 3 is 2.50 bits per heavy atom.